The van der Waals surface area contributed by atoms with E-state index in [9.17, 15) is 14.0 Å². The van der Waals surface area contributed by atoms with E-state index in [0.717, 1.165) is 6.42 Å². The minimum atomic E-state index is -0.356. The summed E-state index contributed by atoms with van der Waals surface area (Å²) >= 11 is 0. The summed E-state index contributed by atoms with van der Waals surface area (Å²) in [5, 5.41) is 7.29. The van der Waals surface area contributed by atoms with Crippen molar-refractivity contribution in [1.82, 2.24) is 24.6 Å². The van der Waals surface area contributed by atoms with Crippen molar-refractivity contribution in [2.75, 3.05) is 20.3 Å². The van der Waals surface area contributed by atoms with Gasteiger partial charge in [0.25, 0.3) is 5.56 Å². The molecule has 1 amide bonds. The van der Waals surface area contributed by atoms with Crippen LogP contribution in [0.2, 0.25) is 0 Å². The smallest absolute Gasteiger partial charge is 0.264 e. The van der Waals surface area contributed by atoms with Gasteiger partial charge < -0.3 is 10.1 Å². The van der Waals surface area contributed by atoms with E-state index < -0.39 is 0 Å². The Kier molecular flexibility index (Phi) is 5.92. The Morgan fingerprint density at radius 1 is 1.30 bits per heavy atom. The minimum Gasteiger partial charge on any atom is -0.385 e. The van der Waals surface area contributed by atoms with E-state index in [1.54, 1.807) is 19.2 Å². The average molecular weight is 373 g/mol. The summed E-state index contributed by atoms with van der Waals surface area (Å²) < 4.78 is 20.9. The number of aromatic nitrogens is 4. The zero-order chi connectivity index (χ0) is 19.2. The Hall–Kier alpha value is -3.07. The second-order valence-corrected chi connectivity index (χ2v) is 5.96. The van der Waals surface area contributed by atoms with Crippen molar-refractivity contribution in [3.8, 4) is 5.69 Å². The summed E-state index contributed by atoms with van der Waals surface area (Å²) in [6.07, 6.45) is 3.73. The fraction of sp³-hybridized carbons (Fsp3) is 0.333. The zero-order valence-electron chi connectivity index (χ0n) is 14.9. The van der Waals surface area contributed by atoms with Crippen LogP contribution in [0.4, 0.5) is 4.39 Å². The summed E-state index contributed by atoms with van der Waals surface area (Å²) in [5.74, 6) is -0.494. The quantitative estimate of drug-likeness (QED) is 0.601. The molecule has 3 rings (SSSR count). The molecule has 27 heavy (non-hydrogen) atoms. The van der Waals surface area contributed by atoms with Crippen molar-refractivity contribution >= 4 is 16.9 Å². The summed E-state index contributed by atoms with van der Waals surface area (Å²) in [5.41, 5.74) is 0.707. The number of hydrogen-bond donors (Lipinski definition) is 1. The van der Waals surface area contributed by atoms with E-state index in [2.05, 4.69) is 15.4 Å². The molecule has 0 saturated heterocycles. The van der Waals surface area contributed by atoms with E-state index in [1.165, 1.54) is 33.9 Å². The maximum absolute atomic E-state index is 13.1. The highest BCUT2D eigenvalue weighted by molar-refractivity contribution is 5.76. The van der Waals surface area contributed by atoms with Gasteiger partial charge in [-0.1, -0.05) is 0 Å². The summed E-state index contributed by atoms with van der Waals surface area (Å²) in [4.78, 5) is 28.7. The number of methoxy groups -OCH3 is 1. The largest absolute Gasteiger partial charge is 0.385 e. The standard InChI is InChI=1S/C18H20FN5O3/c1-27-10-2-8-20-16(25)7-9-23-12-21-17-15(18(23)26)11-22-24(17)14-5-3-13(19)4-6-14/h3-6,11-12H,2,7-10H2,1H3,(H,20,25). The van der Waals surface area contributed by atoms with Gasteiger partial charge in [-0.2, -0.15) is 5.10 Å². The van der Waals surface area contributed by atoms with Gasteiger partial charge in [0.05, 0.1) is 18.2 Å². The highest BCUT2D eigenvalue weighted by atomic mass is 19.1. The summed E-state index contributed by atoms with van der Waals surface area (Å²) in [6, 6.07) is 5.75. The Morgan fingerprint density at radius 2 is 2.07 bits per heavy atom. The third-order valence-corrected chi connectivity index (χ3v) is 4.05. The van der Waals surface area contributed by atoms with Crippen molar-refractivity contribution in [3.05, 3.63) is 53.0 Å². The number of carbonyl (C=O) groups is 1. The van der Waals surface area contributed by atoms with Crippen molar-refractivity contribution in [1.29, 1.82) is 0 Å². The third-order valence-electron chi connectivity index (χ3n) is 4.05. The van der Waals surface area contributed by atoms with Crippen LogP contribution in [0.25, 0.3) is 16.7 Å². The number of rotatable bonds is 8. The molecule has 0 spiro atoms. The highest BCUT2D eigenvalue weighted by Gasteiger charge is 2.12. The Labute approximate surface area is 154 Å². The number of fused-ring (bicyclic) bond motifs is 1. The minimum absolute atomic E-state index is 0.139. The lowest BCUT2D eigenvalue weighted by molar-refractivity contribution is -0.121. The summed E-state index contributed by atoms with van der Waals surface area (Å²) in [6.45, 7) is 1.33. The van der Waals surface area contributed by atoms with E-state index in [-0.39, 0.29) is 30.2 Å². The molecule has 0 aliphatic heterocycles. The molecule has 8 nitrogen and oxygen atoms in total. The summed E-state index contributed by atoms with van der Waals surface area (Å²) in [7, 11) is 1.61. The van der Waals surface area contributed by atoms with Gasteiger partial charge in [0, 0.05) is 33.2 Å². The molecule has 3 aromatic rings. The van der Waals surface area contributed by atoms with E-state index in [1.807, 2.05) is 0 Å². The van der Waals surface area contributed by atoms with E-state index >= 15 is 0 Å². The molecular formula is C18H20FN5O3. The molecule has 0 fully saturated rings. The predicted molar refractivity (Wildman–Crippen MR) is 97.2 cm³/mol. The van der Waals surface area contributed by atoms with Gasteiger partial charge in [-0.15, -0.1) is 0 Å². The molecular weight excluding hydrogens is 353 g/mol. The molecule has 9 heteroatoms. The van der Waals surface area contributed by atoms with Crippen molar-refractivity contribution in [3.63, 3.8) is 0 Å². The number of nitrogens with zero attached hydrogens (tertiary/aromatic N) is 4. The van der Waals surface area contributed by atoms with Crippen LogP contribution in [0.3, 0.4) is 0 Å². The molecule has 1 aromatic carbocycles. The lowest BCUT2D eigenvalue weighted by atomic mass is 10.3. The SMILES string of the molecule is COCCCNC(=O)CCn1cnc2c(cnn2-c2ccc(F)cc2)c1=O. The number of nitrogens with one attached hydrogen (secondary N) is 1. The molecule has 0 unspecified atom stereocenters. The fourth-order valence-electron chi connectivity index (χ4n) is 2.63. The average Bonchev–Trinajstić information content (AvgIpc) is 3.10. The lowest BCUT2D eigenvalue weighted by Gasteiger charge is -2.07. The van der Waals surface area contributed by atoms with Crippen LogP contribution in [0.5, 0.6) is 0 Å². The monoisotopic (exact) mass is 373 g/mol. The Bertz CT molecular complexity index is 981. The van der Waals surface area contributed by atoms with Gasteiger partial charge in [-0.3, -0.25) is 14.2 Å². The van der Waals surface area contributed by atoms with Crippen LogP contribution >= 0.6 is 0 Å². The number of aryl methyl sites for hydroxylation is 1. The number of hydrogen-bond acceptors (Lipinski definition) is 5. The molecule has 142 valence electrons. The Morgan fingerprint density at radius 3 is 2.81 bits per heavy atom. The fourth-order valence-corrected chi connectivity index (χ4v) is 2.63. The first kappa shape index (κ1) is 18.7. The van der Waals surface area contributed by atoms with Gasteiger partial charge in [-0.25, -0.2) is 14.1 Å². The molecule has 0 bridgehead atoms. The van der Waals surface area contributed by atoms with Crippen LogP contribution < -0.4 is 10.9 Å². The second-order valence-electron chi connectivity index (χ2n) is 5.96. The zero-order valence-corrected chi connectivity index (χ0v) is 14.9. The van der Waals surface area contributed by atoms with Crippen molar-refractivity contribution < 1.29 is 13.9 Å². The van der Waals surface area contributed by atoms with Crippen molar-refractivity contribution in [2.24, 2.45) is 0 Å². The van der Waals surface area contributed by atoms with Gasteiger partial charge >= 0.3 is 0 Å². The van der Waals surface area contributed by atoms with Crippen molar-refractivity contribution in [2.45, 2.75) is 19.4 Å². The molecule has 0 saturated carbocycles. The molecule has 0 atom stereocenters. The first-order valence-electron chi connectivity index (χ1n) is 8.55. The number of amides is 1. The molecule has 2 aromatic heterocycles. The predicted octanol–water partition coefficient (Wildman–Crippen LogP) is 1.26. The van der Waals surface area contributed by atoms with Crippen LogP contribution in [0.15, 0.2) is 41.6 Å². The molecule has 0 aliphatic rings. The second kappa shape index (κ2) is 8.54. The van der Waals surface area contributed by atoms with Gasteiger partial charge in [0.2, 0.25) is 5.91 Å². The normalized spacial score (nSPS) is 11.0. The van der Waals surface area contributed by atoms with Gasteiger partial charge in [0.15, 0.2) is 5.65 Å². The first-order valence-corrected chi connectivity index (χ1v) is 8.55. The maximum Gasteiger partial charge on any atom is 0.264 e. The van der Waals surface area contributed by atoms with Gasteiger partial charge in [0.1, 0.15) is 11.2 Å². The van der Waals surface area contributed by atoms with E-state index in [4.69, 9.17) is 4.74 Å². The highest BCUT2D eigenvalue weighted by Crippen LogP contribution is 2.14. The molecule has 1 N–H and O–H groups in total. The number of halogens is 1. The number of carbonyl (C=O) groups excluding carboxylic acids is 1. The van der Waals surface area contributed by atoms with Crippen LogP contribution in [0.1, 0.15) is 12.8 Å². The van der Waals surface area contributed by atoms with Crippen LogP contribution in [-0.2, 0) is 16.1 Å². The Balaban J connectivity index is 1.72. The number of benzene rings is 1. The molecule has 0 aliphatic carbocycles. The molecule has 2 heterocycles. The maximum atomic E-state index is 13.1. The van der Waals surface area contributed by atoms with E-state index in [0.29, 0.717) is 29.9 Å². The molecule has 0 radical (unpaired) electrons. The van der Waals surface area contributed by atoms with Gasteiger partial charge in [-0.05, 0) is 30.7 Å². The lowest BCUT2D eigenvalue weighted by Crippen LogP contribution is -2.28. The number of ether oxygens (including phenoxy) is 1. The van der Waals surface area contributed by atoms with Crippen LogP contribution in [0, 0.1) is 5.82 Å². The topological polar surface area (TPSA) is 91.0 Å². The first-order chi connectivity index (χ1) is 13.1. The third kappa shape index (κ3) is 4.37. The van der Waals surface area contributed by atoms with Crippen LogP contribution in [-0.4, -0.2) is 45.5 Å².